The van der Waals surface area contributed by atoms with Gasteiger partial charge in [0.2, 0.25) is 0 Å². The average Bonchev–Trinajstić information content (AvgIpc) is 3.26. The number of aliphatic hydroxyl groups is 1. The van der Waals surface area contributed by atoms with E-state index in [9.17, 15) is 9.90 Å². The molecule has 0 aromatic heterocycles. The van der Waals surface area contributed by atoms with Crippen molar-refractivity contribution in [1.82, 2.24) is 0 Å². The zero-order valence-electron chi connectivity index (χ0n) is 14.8. The number of hydrogen-bond acceptors (Lipinski definition) is 3. The van der Waals surface area contributed by atoms with Gasteiger partial charge in [-0.2, -0.15) is 0 Å². The van der Waals surface area contributed by atoms with Crippen LogP contribution in [0.15, 0.2) is 12.2 Å². The molecule has 134 valence electrons. The number of ether oxygens (including phenoxy) is 1. The van der Waals surface area contributed by atoms with Crippen LogP contribution < -0.4 is 0 Å². The Morgan fingerprint density at radius 2 is 1.78 bits per heavy atom. The summed E-state index contributed by atoms with van der Waals surface area (Å²) in [6.45, 7) is 4.01. The first-order valence-electron chi connectivity index (χ1n) is 9.24. The second-order valence-electron chi connectivity index (χ2n) is 6.92. The van der Waals surface area contributed by atoms with E-state index in [4.69, 9.17) is 9.84 Å². The van der Waals surface area contributed by atoms with E-state index in [0.29, 0.717) is 12.8 Å². The molecule has 0 saturated carbocycles. The first-order chi connectivity index (χ1) is 11.0. The molecule has 0 amide bonds. The van der Waals surface area contributed by atoms with Crippen molar-refractivity contribution in [3.05, 3.63) is 12.2 Å². The molecule has 0 spiro atoms. The summed E-state index contributed by atoms with van der Waals surface area (Å²) in [6.07, 6.45) is 15.3. The number of unbranched alkanes of at least 4 members (excludes halogenated alkanes) is 7. The molecule has 1 heterocycles. The molecule has 0 bridgehead atoms. The standard InChI is InChI=1S/C19H34O4/c1-3-4-5-6-7-8-10-13-16-18(23-16)19(2,22)15-12-9-11-14-17(20)21/h12,15-16,18,22H,3-11,13-14H2,1-2H3,(H,20,21)/b15-12-. The van der Waals surface area contributed by atoms with Crippen molar-refractivity contribution in [2.24, 2.45) is 0 Å². The normalized spacial score (nSPS) is 23.1. The van der Waals surface area contributed by atoms with E-state index in [-0.39, 0.29) is 18.6 Å². The van der Waals surface area contributed by atoms with E-state index in [1.165, 1.54) is 44.9 Å². The molecule has 1 aliphatic rings. The van der Waals surface area contributed by atoms with Crippen molar-refractivity contribution in [2.45, 2.75) is 102 Å². The quantitative estimate of drug-likeness (QED) is 0.281. The predicted octanol–water partition coefficient (Wildman–Crippen LogP) is 4.46. The van der Waals surface area contributed by atoms with Crippen molar-refractivity contribution >= 4 is 5.97 Å². The Kier molecular flexibility index (Phi) is 9.49. The van der Waals surface area contributed by atoms with E-state index < -0.39 is 11.6 Å². The van der Waals surface area contributed by atoms with Gasteiger partial charge < -0.3 is 14.9 Å². The molecule has 1 aliphatic heterocycles. The van der Waals surface area contributed by atoms with Crippen LogP contribution in [0.4, 0.5) is 0 Å². The lowest BCUT2D eigenvalue weighted by Crippen LogP contribution is -2.30. The van der Waals surface area contributed by atoms with Gasteiger partial charge in [0.25, 0.3) is 0 Å². The molecule has 0 aromatic rings. The van der Waals surface area contributed by atoms with Gasteiger partial charge in [-0.25, -0.2) is 0 Å². The lowest BCUT2D eigenvalue weighted by Gasteiger charge is -2.16. The van der Waals surface area contributed by atoms with Crippen LogP contribution in [0.1, 0.15) is 84.5 Å². The van der Waals surface area contributed by atoms with Crippen LogP contribution in [0.2, 0.25) is 0 Å². The van der Waals surface area contributed by atoms with Gasteiger partial charge in [-0.15, -0.1) is 0 Å². The Bertz CT molecular complexity index is 362. The van der Waals surface area contributed by atoms with Gasteiger partial charge in [0, 0.05) is 6.42 Å². The monoisotopic (exact) mass is 326 g/mol. The third kappa shape index (κ3) is 9.11. The Balaban J connectivity index is 2.08. The number of carboxylic acid groups (broad SMARTS) is 1. The molecule has 3 unspecified atom stereocenters. The predicted molar refractivity (Wildman–Crippen MR) is 92.5 cm³/mol. The van der Waals surface area contributed by atoms with Crippen molar-refractivity contribution in [3.8, 4) is 0 Å². The summed E-state index contributed by atoms with van der Waals surface area (Å²) in [4.78, 5) is 10.4. The maximum absolute atomic E-state index is 10.4. The zero-order chi connectivity index (χ0) is 17.1. The minimum atomic E-state index is -0.935. The molecule has 3 atom stereocenters. The summed E-state index contributed by atoms with van der Waals surface area (Å²) in [5, 5.41) is 19.0. The maximum atomic E-state index is 10.4. The third-order valence-electron chi connectivity index (χ3n) is 4.47. The smallest absolute Gasteiger partial charge is 0.303 e. The fourth-order valence-corrected chi connectivity index (χ4v) is 2.97. The van der Waals surface area contributed by atoms with Crippen LogP contribution in [-0.4, -0.2) is 34.0 Å². The van der Waals surface area contributed by atoms with E-state index in [2.05, 4.69) is 6.92 Å². The molecule has 0 radical (unpaired) electrons. The van der Waals surface area contributed by atoms with Crippen molar-refractivity contribution in [1.29, 1.82) is 0 Å². The highest BCUT2D eigenvalue weighted by Gasteiger charge is 2.49. The Morgan fingerprint density at radius 1 is 1.13 bits per heavy atom. The van der Waals surface area contributed by atoms with Crippen LogP contribution >= 0.6 is 0 Å². The highest BCUT2D eigenvalue weighted by Crippen LogP contribution is 2.36. The average molecular weight is 326 g/mol. The van der Waals surface area contributed by atoms with Gasteiger partial charge in [-0.3, -0.25) is 4.79 Å². The highest BCUT2D eigenvalue weighted by atomic mass is 16.6. The number of allylic oxidation sites excluding steroid dienone is 1. The third-order valence-corrected chi connectivity index (χ3v) is 4.47. The summed E-state index contributed by atoms with van der Waals surface area (Å²) in [5.74, 6) is -0.773. The molecular formula is C19H34O4. The zero-order valence-corrected chi connectivity index (χ0v) is 14.8. The minimum absolute atomic E-state index is 0.0988. The fourth-order valence-electron chi connectivity index (χ4n) is 2.97. The van der Waals surface area contributed by atoms with Gasteiger partial charge in [0.15, 0.2) is 0 Å². The number of rotatable bonds is 14. The van der Waals surface area contributed by atoms with Crippen molar-refractivity contribution in [2.75, 3.05) is 0 Å². The molecule has 4 heteroatoms. The Morgan fingerprint density at radius 3 is 2.43 bits per heavy atom. The molecule has 1 rings (SSSR count). The molecule has 4 nitrogen and oxygen atoms in total. The molecule has 2 N–H and O–H groups in total. The first kappa shape index (κ1) is 20.2. The van der Waals surface area contributed by atoms with E-state index >= 15 is 0 Å². The Hall–Kier alpha value is -0.870. The highest BCUT2D eigenvalue weighted by molar-refractivity contribution is 5.66. The molecule has 0 aliphatic carbocycles. The van der Waals surface area contributed by atoms with Crippen LogP contribution in [0.3, 0.4) is 0 Å². The summed E-state index contributed by atoms with van der Waals surface area (Å²) in [7, 11) is 0. The lowest BCUT2D eigenvalue weighted by molar-refractivity contribution is -0.137. The van der Waals surface area contributed by atoms with Crippen molar-refractivity contribution in [3.63, 3.8) is 0 Å². The van der Waals surface area contributed by atoms with Gasteiger partial charge >= 0.3 is 5.97 Å². The molecule has 0 aromatic carbocycles. The van der Waals surface area contributed by atoms with Crippen LogP contribution in [0, 0.1) is 0 Å². The lowest BCUT2D eigenvalue weighted by atomic mass is 9.96. The van der Waals surface area contributed by atoms with Crippen LogP contribution in [0.25, 0.3) is 0 Å². The summed E-state index contributed by atoms with van der Waals surface area (Å²) >= 11 is 0. The van der Waals surface area contributed by atoms with E-state index in [1.54, 1.807) is 13.0 Å². The van der Waals surface area contributed by atoms with Crippen LogP contribution in [-0.2, 0) is 9.53 Å². The minimum Gasteiger partial charge on any atom is -0.481 e. The molecule has 1 fully saturated rings. The topological polar surface area (TPSA) is 70.1 Å². The van der Waals surface area contributed by atoms with Crippen molar-refractivity contribution < 1.29 is 19.7 Å². The summed E-state index contributed by atoms with van der Waals surface area (Å²) < 4.78 is 5.63. The van der Waals surface area contributed by atoms with Gasteiger partial charge in [-0.1, -0.05) is 64.0 Å². The summed E-state index contributed by atoms with van der Waals surface area (Å²) in [5.41, 5.74) is -0.935. The number of carboxylic acids is 1. The number of hydrogen-bond donors (Lipinski definition) is 2. The van der Waals surface area contributed by atoms with Gasteiger partial charge in [0.1, 0.15) is 11.7 Å². The number of aliphatic carboxylic acids is 1. The van der Waals surface area contributed by atoms with Crippen LogP contribution in [0.5, 0.6) is 0 Å². The molecule has 23 heavy (non-hydrogen) atoms. The number of epoxide rings is 1. The fraction of sp³-hybridized carbons (Fsp3) is 0.842. The number of carbonyl (C=O) groups is 1. The SMILES string of the molecule is CCCCCCCCCC1OC1C(C)(O)/C=C\CCCC(=O)O. The van der Waals surface area contributed by atoms with E-state index in [0.717, 1.165) is 6.42 Å². The van der Waals surface area contributed by atoms with Gasteiger partial charge in [0.05, 0.1) is 6.10 Å². The molecule has 1 saturated heterocycles. The van der Waals surface area contributed by atoms with Gasteiger partial charge in [-0.05, 0) is 26.2 Å². The second-order valence-corrected chi connectivity index (χ2v) is 6.92. The summed E-state index contributed by atoms with van der Waals surface area (Å²) in [6, 6.07) is 0. The first-order valence-corrected chi connectivity index (χ1v) is 9.24. The van der Waals surface area contributed by atoms with E-state index in [1.807, 2.05) is 6.08 Å². The second kappa shape index (κ2) is 10.8. The largest absolute Gasteiger partial charge is 0.481 e. The Labute approximate surface area is 140 Å². The molecular weight excluding hydrogens is 292 g/mol. The maximum Gasteiger partial charge on any atom is 0.303 e.